The molecule has 1 fully saturated rings. The number of hydrogen-bond acceptors (Lipinski definition) is 5. The van der Waals surface area contributed by atoms with Gasteiger partial charge < -0.3 is 10.2 Å². The Hall–Kier alpha value is -0.670. The van der Waals surface area contributed by atoms with Gasteiger partial charge in [-0.1, -0.05) is 18.5 Å². The molecule has 1 atom stereocenters. The van der Waals surface area contributed by atoms with Crippen molar-refractivity contribution in [1.29, 1.82) is 0 Å². The molecule has 1 unspecified atom stereocenters. The number of nitrogens with zero attached hydrogens (tertiary/aromatic N) is 2. The van der Waals surface area contributed by atoms with Crippen LogP contribution in [-0.2, 0) is 14.8 Å². The first-order valence-electron chi connectivity index (χ1n) is 8.50. The van der Waals surface area contributed by atoms with Crippen molar-refractivity contribution in [2.75, 3.05) is 39.8 Å². The quantitative estimate of drug-likeness (QED) is 0.671. The number of carbonyl (C=O) groups excluding carboxylic acids is 1. The van der Waals surface area contributed by atoms with Crippen LogP contribution in [0.3, 0.4) is 0 Å². The van der Waals surface area contributed by atoms with E-state index in [1.54, 1.807) is 0 Å². The van der Waals surface area contributed by atoms with Gasteiger partial charge in [0.2, 0.25) is 5.91 Å². The number of hydrogen-bond donors (Lipinski definition) is 1. The average molecular weight is 408 g/mol. The summed E-state index contributed by atoms with van der Waals surface area (Å²) >= 11 is 6.77. The van der Waals surface area contributed by atoms with Crippen molar-refractivity contribution in [2.45, 2.75) is 30.4 Å². The zero-order valence-electron chi connectivity index (χ0n) is 14.7. The molecule has 2 heterocycles. The first kappa shape index (κ1) is 20.6. The molecule has 0 spiro atoms. The molecule has 1 aromatic rings. The Balaban J connectivity index is 1.70. The van der Waals surface area contributed by atoms with Gasteiger partial charge in [0.15, 0.2) is 0 Å². The summed E-state index contributed by atoms with van der Waals surface area (Å²) in [7, 11) is -2.27. The van der Waals surface area contributed by atoms with Crippen LogP contribution in [0.4, 0.5) is 0 Å². The van der Waals surface area contributed by atoms with Crippen molar-refractivity contribution >= 4 is 38.9 Å². The molecule has 25 heavy (non-hydrogen) atoms. The van der Waals surface area contributed by atoms with Gasteiger partial charge in [0.1, 0.15) is 4.21 Å². The second-order valence-corrected chi connectivity index (χ2v) is 10.6. The molecule has 0 bridgehead atoms. The van der Waals surface area contributed by atoms with Gasteiger partial charge in [-0.25, -0.2) is 8.42 Å². The van der Waals surface area contributed by atoms with Crippen LogP contribution in [0.1, 0.15) is 26.2 Å². The number of piperidine rings is 1. The first-order chi connectivity index (χ1) is 11.8. The van der Waals surface area contributed by atoms with E-state index in [-0.39, 0.29) is 16.7 Å². The summed E-state index contributed by atoms with van der Waals surface area (Å²) in [6.45, 7) is 5.85. The maximum atomic E-state index is 12.3. The lowest BCUT2D eigenvalue weighted by atomic mass is 10.0. The zero-order valence-corrected chi connectivity index (χ0v) is 17.1. The van der Waals surface area contributed by atoms with Crippen LogP contribution in [0.15, 0.2) is 16.3 Å². The highest BCUT2D eigenvalue weighted by atomic mass is 35.5. The van der Waals surface area contributed by atoms with Crippen molar-refractivity contribution in [3.63, 3.8) is 0 Å². The Bertz CT molecular complexity index is 678. The Labute approximate surface area is 159 Å². The van der Waals surface area contributed by atoms with E-state index in [0.717, 1.165) is 47.6 Å². The van der Waals surface area contributed by atoms with E-state index in [2.05, 4.69) is 17.1 Å². The van der Waals surface area contributed by atoms with Crippen molar-refractivity contribution in [3.05, 3.63) is 16.5 Å². The van der Waals surface area contributed by atoms with Gasteiger partial charge in [0, 0.05) is 20.1 Å². The van der Waals surface area contributed by atoms with Gasteiger partial charge in [-0.2, -0.15) is 4.31 Å². The number of sulfonamides is 1. The summed E-state index contributed by atoms with van der Waals surface area (Å²) in [5.41, 5.74) is 0. The standard InChI is InChI=1S/C16H26ClN3O3S2/c1-13-5-3-9-20(11-13)10-4-8-18-15(21)12-19(2)25(22,23)16-7-6-14(17)24-16/h6-7,13H,3-5,8-12H2,1-2H3,(H,18,21). The molecule has 142 valence electrons. The summed E-state index contributed by atoms with van der Waals surface area (Å²) < 4.78 is 26.3. The Kier molecular flexibility index (Phi) is 7.69. The largest absolute Gasteiger partial charge is 0.355 e. The Morgan fingerprint density at radius 2 is 2.24 bits per heavy atom. The molecule has 1 aliphatic rings. The topological polar surface area (TPSA) is 69.7 Å². The van der Waals surface area contributed by atoms with E-state index >= 15 is 0 Å². The van der Waals surface area contributed by atoms with E-state index in [1.165, 1.54) is 32.0 Å². The summed E-state index contributed by atoms with van der Waals surface area (Å²) in [6.07, 6.45) is 3.40. The molecule has 1 aliphatic heterocycles. The second kappa shape index (κ2) is 9.32. The van der Waals surface area contributed by atoms with Crippen molar-refractivity contribution in [3.8, 4) is 0 Å². The third-order valence-electron chi connectivity index (χ3n) is 4.29. The zero-order chi connectivity index (χ0) is 18.4. The fraction of sp³-hybridized carbons (Fsp3) is 0.688. The molecule has 2 rings (SSSR count). The molecule has 1 aromatic heterocycles. The van der Waals surface area contributed by atoms with E-state index in [9.17, 15) is 13.2 Å². The van der Waals surface area contributed by atoms with Crippen LogP contribution in [0.25, 0.3) is 0 Å². The van der Waals surface area contributed by atoms with Crippen LogP contribution in [0.2, 0.25) is 4.34 Å². The lowest BCUT2D eigenvalue weighted by Gasteiger charge is -2.30. The molecule has 6 nitrogen and oxygen atoms in total. The van der Waals surface area contributed by atoms with Gasteiger partial charge in [0.05, 0.1) is 10.9 Å². The van der Waals surface area contributed by atoms with Crippen LogP contribution in [0.5, 0.6) is 0 Å². The average Bonchev–Trinajstić information content (AvgIpc) is 2.99. The smallest absolute Gasteiger partial charge is 0.252 e. The molecule has 1 saturated heterocycles. The van der Waals surface area contributed by atoms with E-state index in [1.807, 2.05) is 0 Å². The molecule has 1 amide bonds. The summed E-state index contributed by atoms with van der Waals surface area (Å²) in [5, 5.41) is 2.80. The maximum Gasteiger partial charge on any atom is 0.252 e. The van der Waals surface area contributed by atoms with Crippen LogP contribution >= 0.6 is 22.9 Å². The normalized spacial score (nSPS) is 19.3. The monoisotopic (exact) mass is 407 g/mol. The highest BCUT2D eigenvalue weighted by Gasteiger charge is 2.24. The summed E-state index contributed by atoms with van der Waals surface area (Å²) in [4.78, 5) is 14.4. The van der Waals surface area contributed by atoms with Crippen molar-refractivity contribution in [1.82, 2.24) is 14.5 Å². The van der Waals surface area contributed by atoms with Gasteiger partial charge in [-0.15, -0.1) is 11.3 Å². The fourth-order valence-electron chi connectivity index (χ4n) is 2.95. The number of rotatable bonds is 8. The van der Waals surface area contributed by atoms with Gasteiger partial charge in [-0.3, -0.25) is 4.79 Å². The molecule has 0 aromatic carbocycles. The number of thiophene rings is 1. The van der Waals surface area contributed by atoms with E-state index in [4.69, 9.17) is 11.6 Å². The Morgan fingerprint density at radius 3 is 2.88 bits per heavy atom. The van der Waals surface area contributed by atoms with Gasteiger partial charge in [0.25, 0.3) is 10.0 Å². The molecule has 0 radical (unpaired) electrons. The molecular formula is C16H26ClN3O3S2. The maximum absolute atomic E-state index is 12.3. The van der Waals surface area contributed by atoms with E-state index in [0.29, 0.717) is 10.9 Å². The minimum Gasteiger partial charge on any atom is -0.355 e. The SMILES string of the molecule is CC1CCCN(CCCNC(=O)CN(C)S(=O)(=O)c2ccc(Cl)s2)C1. The number of amides is 1. The fourth-order valence-corrected chi connectivity index (χ4v) is 5.77. The highest BCUT2D eigenvalue weighted by Crippen LogP contribution is 2.27. The predicted molar refractivity (Wildman–Crippen MR) is 102 cm³/mol. The third kappa shape index (κ3) is 6.21. The summed E-state index contributed by atoms with van der Waals surface area (Å²) in [5.74, 6) is 0.452. The lowest BCUT2D eigenvalue weighted by Crippen LogP contribution is -2.40. The van der Waals surface area contributed by atoms with E-state index < -0.39 is 10.0 Å². The van der Waals surface area contributed by atoms with Crippen LogP contribution in [-0.4, -0.2) is 63.3 Å². The highest BCUT2D eigenvalue weighted by molar-refractivity contribution is 7.91. The predicted octanol–water partition coefficient (Wildman–Crippen LogP) is 2.26. The molecule has 0 aliphatic carbocycles. The first-order valence-corrected chi connectivity index (χ1v) is 11.1. The lowest BCUT2D eigenvalue weighted by molar-refractivity contribution is -0.121. The van der Waals surface area contributed by atoms with Crippen molar-refractivity contribution < 1.29 is 13.2 Å². The van der Waals surface area contributed by atoms with Gasteiger partial charge in [-0.05, 0) is 50.4 Å². The number of nitrogens with one attached hydrogen (secondary N) is 1. The molecule has 1 N–H and O–H groups in total. The molecular weight excluding hydrogens is 382 g/mol. The molecule has 0 saturated carbocycles. The van der Waals surface area contributed by atoms with Crippen LogP contribution in [0, 0.1) is 5.92 Å². The number of halogens is 1. The van der Waals surface area contributed by atoms with Crippen LogP contribution < -0.4 is 5.32 Å². The summed E-state index contributed by atoms with van der Waals surface area (Å²) in [6, 6.07) is 2.99. The number of likely N-dealkylation sites (tertiary alicyclic amines) is 1. The third-order valence-corrected chi connectivity index (χ3v) is 7.80. The number of carbonyl (C=O) groups is 1. The van der Waals surface area contributed by atoms with Gasteiger partial charge >= 0.3 is 0 Å². The minimum atomic E-state index is -3.67. The Morgan fingerprint density at radius 1 is 1.48 bits per heavy atom. The second-order valence-electron chi connectivity index (χ2n) is 6.57. The van der Waals surface area contributed by atoms with Crippen molar-refractivity contribution in [2.24, 2.45) is 5.92 Å². The number of likely N-dealkylation sites (N-methyl/N-ethyl adjacent to an activating group) is 1. The minimum absolute atomic E-state index is 0.145. The molecule has 9 heteroatoms.